The summed E-state index contributed by atoms with van der Waals surface area (Å²) >= 11 is 0. The average molecular weight is 219 g/mol. The Morgan fingerprint density at radius 1 is 1.50 bits per heavy atom. The number of hydrogen-bond acceptors (Lipinski definition) is 2. The van der Waals surface area contributed by atoms with Crippen molar-refractivity contribution in [3.8, 4) is 0 Å². The first-order chi connectivity index (χ1) is 7.75. The Morgan fingerprint density at radius 3 is 3.06 bits per heavy atom. The summed E-state index contributed by atoms with van der Waals surface area (Å²) in [5.41, 5.74) is 2.27. The van der Waals surface area contributed by atoms with Crippen molar-refractivity contribution >= 4 is 5.91 Å². The van der Waals surface area contributed by atoms with Gasteiger partial charge in [-0.25, -0.2) is 0 Å². The summed E-state index contributed by atoms with van der Waals surface area (Å²) < 4.78 is 5.27. The third-order valence-electron chi connectivity index (χ3n) is 2.75. The Morgan fingerprint density at radius 2 is 2.38 bits per heavy atom. The minimum atomic E-state index is 0.158. The summed E-state index contributed by atoms with van der Waals surface area (Å²) in [7, 11) is 0. The average Bonchev–Trinajstić information content (AvgIpc) is 2.30. The number of carbonyl (C=O) groups excluding carboxylic acids is 1. The van der Waals surface area contributed by atoms with Crippen LogP contribution in [0.2, 0.25) is 0 Å². The third kappa shape index (κ3) is 2.83. The molecule has 16 heavy (non-hydrogen) atoms. The lowest BCUT2D eigenvalue weighted by Crippen LogP contribution is -2.39. The van der Waals surface area contributed by atoms with Crippen LogP contribution in [0.15, 0.2) is 24.3 Å². The molecule has 0 bridgehead atoms. The fourth-order valence-corrected chi connectivity index (χ4v) is 1.90. The zero-order valence-corrected chi connectivity index (χ0v) is 9.61. The van der Waals surface area contributed by atoms with E-state index in [4.69, 9.17) is 4.74 Å². The third-order valence-corrected chi connectivity index (χ3v) is 2.75. The second kappa shape index (κ2) is 5.12. The maximum absolute atomic E-state index is 11.9. The molecule has 1 aliphatic rings. The van der Waals surface area contributed by atoms with E-state index in [9.17, 15) is 4.79 Å². The molecular weight excluding hydrogens is 202 g/mol. The fraction of sp³-hybridized carbons (Fsp3) is 0.462. The number of ether oxygens (including phenoxy) is 1. The molecule has 1 heterocycles. The van der Waals surface area contributed by atoms with Gasteiger partial charge in [-0.1, -0.05) is 29.8 Å². The molecule has 1 amide bonds. The highest BCUT2D eigenvalue weighted by atomic mass is 16.5. The van der Waals surface area contributed by atoms with Gasteiger partial charge >= 0.3 is 0 Å². The van der Waals surface area contributed by atoms with Crippen molar-refractivity contribution in [3.05, 3.63) is 35.4 Å². The molecule has 1 saturated heterocycles. The summed E-state index contributed by atoms with van der Waals surface area (Å²) in [6, 6.07) is 8.08. The van der Waals surface area contributed by atoms with Crippen LogP contribution >= 0.6 is 0 Å². The van der Waals surface area contributed by atoms with Gasteiger partial charge in [0.15, 0.2) is 0 Å². The predicted octanol–water partition coefficient (Wildman–Crippen LogP) is 1.74. The first-order valence-electron chi connectivity index (χ1n) is 5.67. The lowest BCUT2D eigenvalue weighted by atomic mass is 10.1. The van der Waals surface area contributed by atoms with E-state index >= 15 is 0 Å². The summed E-state index contributed by atoms with van der Waals surface area (Å²) in [4.78, 5) is 13.7. The lowest BCUT2D eigenvalue weighted by Gasteiger charge is -2.26. The molecule has 86 valence electrons. The van der Waals surface area contributed by atoms with Gasteiger partial charge in [-0.15, -0.1) is 0 Å². The minimum Gasteiger partial charge on any atom is -0.361 e. The SMILES string of the molecule is Cc1cccc(CC(=O)N2CCCOC2)c1. The molecule has 0 aromatic heterocycles. The highest BCUT2D eigenvalue weighted by Crippen LogP contribution is 2.08. The second-order valence-corrected chi connectivity index (χ2v) is 4.21. The van der Waals surface area contributed by atoms with Gasteiger partial charge in [-0.3, -0.25) is 4.79 Å². The van der Waals surface area contributed by atoms with Crippen LogP contribution in [0.5, 0.6) is 0 Å². The smallest absolute Gasteiger partial charge is 0.228 e. The standard InChI is InChI=1S/C13H17NO2/c1-11-4-2-5-12(8-11)9-13(15)14-6-3-7-16-10-14/h2,4-5,8H,3,6-7,9-10H2,1H3. The van der Waals surface area contributed by atoms with Gasteiger partial charge in [0.25, 0.3) is 0 Å². The molecule has 0 radical (unpaired) electrons. The van der Waals surface area contributed by atoms with Crippen LogP contribution in [0.1, 0.15) is 17.5 Å². The maximum atomic E-state index is 11.9. The molecule has 0 unspecified atom stereocenters. The van der Waals surface area contributed by atoms with Gasteiger partial charge < -0.3 is 9.64 Å². The quantitative estimate of drug-likeness (QED) is 0.758. The number of carbonyl (C=O) groups is 1. The van der Waals surface area contributed by atoms with Crippen LogP contribution in [0.3, 0.4) is 0 Å². The maximum Gasteiger partial charge on any atom is 0.228 e. The summed E-state index contributed by atoms with van der Waals surface area (Å²) in [6.45, 7) is 4.08. The molecule has 1 aromatic carbocycles. The molecule has 0 N–H and O–H groups in total. The normalized spacial score (nSPS) is 16.2. The monoisotopic (exact) mass is 219 g/mol. The van der Waals surface area contributed by atoms with Crippen LogP contribution < -0.4 is 0 Å². The van der Waals surface area contributed by atoms with Crippen LogP contribution in [0.25, 0.3) is 0 Å². The van der Waals surface area contributed by atoms with Crippen LogP contribution in [-0.2, 0) is 16.0 Å². The van der Waals surface area contributed by atoms with Crippen molar-refractivity contribution in [3.63, 3.8) is 0 Å². The van der Waals surface area contributed by atoms with Gasteiger partial charge in [0.2, 0.25) is 5.91 Å². The Hall–Kier alpha value is -1.35. The van der Waals surface area contributed by atoms with Crippen molar-refractivity contribution in [1.29, 1.82) is 0 Å². The van der Waals surface area contributed by atoms with Crippen LogP contribution in [0, 0.1) is 6.92 Å². The number of hydrogen-bond donors (Lipinski definition) is 0. The zero-order valence-electron chi connectivity index (χ0n) is 9.61. The van der Waals surface area contributed by atoms with E-state index in [0.717, 1.165) is 25.1 Å². The fourth-order valence-electron chi connectivity index (χ4n) is 1.90. The molecule has 3 nitrogen and oxygen atoms in total. The Bertz CT molecular complexity index is 370. The van der Waals surface area contributed by atoms with Crippen LogP contribution in [-0.4, -0.2) is 30.7 Å². The van der Waals surface area contributed by atoms with E-state index in [-0.39, 0.29) is 5.91 Å². The first-order valence-corrected chi connectivity index (χ1v) is 5.67. The zero-order chi connectivity index (χ0) is 11.4. The number of nitrogens with zero attached hydrogens (tertiary/aromatic N) is 1. The topological polar surface area (TPSA) is 29.5 Å². The molecule has 0 spiro atoms. The van der Waals surface area contributed by atoms with Gasteiger partial charge in [0.05, 0.1) is 13.0 Å². The molecule has 1 fully saturated rings. The number of rotatable bonds is 2. The lowest BCUT2D eigenvalue weighted by molar-refractivity contribution is -0.139. The first kappa shape index (κ1) is 11.1. The highest BCUT2D eigenvalue weighted by molar-refractivity contribution is 5.78. The van der Waals surface area contributed by atoms with E-state index in [1.54, 1.807) is 4.90 Å². The Kier molecular flexibility index (Phi) is 3.57. The van der Waals surface area contributed by atoms with Crippen molar-refractivity contribution in [1.82, 2.24) is 4.90 Å². The molecule has 0 atom stereocenters. The summed E-state index contributed by atoms with van der Waals surface area (Å²) in [5.74, 6) is 0.158. The van der Waals surface area contributed by atoms with E-state index in [1.165, 1.54) is 5.56 Å². The summed E-state index contributed by atoms with van der Waals surface area (Å²) in [6.07, 6.45) is 1.42. The van der Waals surface area contributed by atoms with Crippen molar-refractivity contribution in [2.45, 2.75) is 19.8 Å². The highest BCUT2D eigenvalue weighted by Gasteiger charge is 2.16. The molecule has 3 heteroatoms. The van der Waals surface area contributed by atoms with E-state index in [2.05, 4.69) is 6.07 Å². The predicted molar refractivity (Wildman–Crippen MR) is 62.0 cm³/mol. The van der Waals surface area contributed by atoms with Crippen molar-refractivity contribution in [2.75, 3.05) is 19.9 Å². The van der Waals surface area contributed by atoms with Crippen molar-refractivity contribution < 1.29 is 9.53 Å². The van der Waals surface area contributed by atoms with E-state index < -0.39 is 0 Å². The Balaban J connectivity index is 1.96. The minimum absolute atomic E-state index is 0.158. The molecule has 2 rings (SSSR count). The summed E-state index contributed by atoms with van der Waals surface area (Å²) in [5, 5.41) is 0. The molecule has 0 aliphatic carbocycles. The van der Waals surface area contributed by atoms with Gasteiger partial charge in [0, 0.05) is 6.54 Å². The molecular formula is C13H17NO2. The Labute approximate surface area is 96.0 Å². The van der Waals surface area contributed by atoms with Gasteiger partial charge in [-0.2, -0.15) is 0 Å². The van der Waals surface area contributed by atoms with E-state index in [0.29, 0.717) is 13.2 Å². The van der Waals surface area contributed by atoms with Crippen LogP contribution in [0.4, 0.5) is 0 Å². The molecule has 1 aromatic rings. The molecule has 0 saturated carbocycles. The number of aryl methyl sites for hydroxylation is 1. The largest absolute Gasteiger partial charge is 0.361 e. The van der Waals surface area contributed by atoms with Gasteiger partial charge in [-0.05, 0) is 18.9 Å². The van der Waals surface area contributed by atoms with Crippen molar-refractivity contribution in [2.24, 2.45) is 0 Å². The second-order valence-electron chi connectivity index (χ2n) is 4.21. The van der Waals surface area contributed by atoms with E-state index in [1.807, 2.05) is 25.1 Å². The number of amides is 1. The van der Waals surface area contributed by atoms with Gasteiger partial charge in [0.1, 0.15) is 6.73 Å². The number of benzene rings is 1. The molecule has 1 aliphatic heterocycles.